The number of nitro groups is 1. The first-order valence-corrected chi connectivity index (χ1v) is 6.16. The Kier molecular flexibility index (Phi) is 5.19. The Morgan fingerprint density at radius 3 is 2.94 bits per heavy atom. The number of carbonyl (C=O) groups is 1. The summed E-state index contributed by atoms with van der Waals surface area (Å²) in [6, 6.07) is 3.45. The van der Waals surface area contributed by atoms with Crippen LogP contribution in [0.25, 0.3) is 0 Å². The van der Waals surface area contributed by atoms with Crippen molar-refractivity contribution in [1.29, 1.82) is 0 Å². The number of nitrogens with zero attached hydrogens (tertiary/aromatic N) is 1. The van der Waals surface area contributed by atoms with Gasteiger partial charge in [-0.3, -0.25) is 14.9 Å². The van der Waals surface area contributed by atoms with Crippen LogP contribution < -0.4 is 5.32 Å². The predicted octanol–water partition coefficient (Wildman–Crippen LogP) is 2.16. The molecule has 0 spiro atoms. The number of hydrogen-bond acceptors (Lipinski definition) is 5. The van der Waals surface area contributed by atoms with Gasteiger partial charge >= 0.3 is 0 Å². The van der Waals surface area contributed by atoms with E-state index in [0.29, 0.717) is 5.75 Å². The SMILES string of the molecule is C=CCSCC(=O)Nc1cc([N+](=O)[O-])ccc1O. The lowest BCUT2D eigenvalue weighted by molar-refractivity contribution is -0.384. The van der Waals surface area contributed by atoms with Crippen molar-refractivity contribution in [3.05, 3.63) is 41.0 Å². The fraction of sp³-hybridized carbons (Fsp3) is 0.182. The number of nitrogens with one attached hydrogen (secondary N) is 1. The number of anilines is 1. The van der Waals surface area contributed by atoms with Crippen molar-refractivity contribution in [3.8, 4) is 5.75 Å². The number of non-ortho nitro benzene ring substituents is 1. The lowest BCUT2D eigenvalue weighted by Crippen LogP contribution is -2.14. The number of phenolic OH excluding ortho intramolecular Hbond substituents is 1. The quantitative estimate of drug-likeness (QED) is 0.271. The molecule has 0 unspecified atom stereocenters. The number of carbonyl (C=O) groups excluding carboxylic acids is 1. The monoisotopic (exact) mass is 268 g/mol. The average Bonchev–Trinajstić information content (AvgIpc) is 2.32. The van der Waals surface area contributed by atoms with Crippen LogP contribution in [0, 0.1) is 10.1 Å². The molecule has 0 saturated carbocycles. The van der Waals surface area contributed by atoms with Gasteiger partial charge in [0.25, 0.3) is 5.69 Å². The summed E-state index contributed by atoms with van der Waals surface area (Å²) < 4.78 is 0. The molecule has 0 fully saturated rings. The van der Waals surface area contributed by atoms with Crippen LogP contribution in [-0.2, 0) is 4.79 Å². The number of amides is 1. The van der Waals surface area contributed by atoms with Gasteiger partial charge in [0, 0.05) is 17.9 Å². The molecule has 96 valence electrons. The molecule has 0 aromatic heterocycles. The third kappa shape index (κ3) is 4.10. The summed E-state index contributed by atoms with van der Waals surface area (Å²) in [5.74, 6) is 0.281. The zero-order chi connectivity index (χ0) is 13.5. The zero-order valence-corrected chi connectivity index (χ0v) is 10.3. The third-order valence-corrected chi connectivity index (χ3v) is 2.87. The van der Waals surface area contributed by atoms with Gasteiger partial charge in [0.2, 0.25) is 5.91 Å². The maximum atomic E-state index is 11.5. The van der Waals surface area contributed by atoms with Gasteiger partial charge < -0.3 is 10.4 Å². The minimum absolute atomic E-state index is 0.0356. The van der Waals surface area contributed by atoms with Gasteiger partial charge in [-0.2, -0.15) is 0 Å². The molecule has 0 radical (unpaired) electrons. The lowest BCUT2D eigenvalue weighted by atomic mass is 10.2. The molecule has 6 nitrogen and oxygen atoms in total. The van der Waals surface area contributed by atoms with Crippen molar-refractivity contribution in [2.24, 2.45) is 0 Å². The van der Waals surface area contributed by atoms with Crippen LogP contribution in [-0.4, -0.2) is 27.4 Å². The Morgan fingerprint density at radius 1 is 1.61 bits per heavy atom. The largest absolute Gasteiger partial charge is 0.506 e. The second-order valence-electron chi connectivity index (χ2n) is 3.31. The Balaban J connectivity index is 2.71. The number of phenols is 1. The van der Waals surface area contributed by atoms with Crippen LogP contribution in [0.5, 0.6) is 5.75 Å². The van der Waals surface area contributed by atoms with Gasteiger partial charge in [-0.1, -0.05) is 6.08 Å². The smallest absolute Gasteiger partial charge is 0.271 e. The van der Waals surface area contributed by atoms with Gasteiger partial charge in [0.05, 0.1) is 16.4 Å². The molecule has 1 aromatic carbocycles. The van der Waals surface area contributed by atoms with E-state index in [1.807, 2.05) is 0 Å². The third-order valence-electron chi connectivity index (χ3n) is 1.93. The molecule has 1 amide bonds. The van der Waals surface area contributed by atoms with Crippen LogP contribution in [0.1, 0.15) is 0 Å². The standard InChI is InChI=1S/C11H12N2O4S/c1-2-5-18-7-11(15)12-9-6-8(13(16)17)3-4-10(9)14/h2-4,6,14H,1,5,7H2,(H,12,15). The van der Waals surface area contributed by atoms with Gasteiger partial charge in [-0.05, 0) is 6.07 Å². The molecule has 0 atom stereocenters. The minimum atomic E-state index is -0.596. The summed E-state index contributed by atoms with van der Waals surface area (Å²) in [6.45, 7) is 3.52. The van der Waals surface area contributed by atoms with E-state index in [-0.39, 0.29) is 28.8 Å². The summed E-state index contributed by atoms with van der Waals surface area (Å²) in [6.07, 6.45) is 1.67. The highest BCUT2D eigenvalue weighted by atomic mass is 32.2. The second kappa shape index (κ2) is 6.65. The van der Waals surface area contributed by atoms with Crippen LogP contribution in [0.4, 0.5) is 11.4 Å². The molecule has 0 aliphatic rings. The fourth-order valence-electron chi connectivity index (χ4n) is 1.16. The highest BCUT2D eigenvalue weighted by molar-refractivity contribution is 8.00. The first-order valence-electron chi connectivity index (χ1n) is 5.00. The Morgan fingerprint density at radius 2 is 2.33 bits per heavy atom. The maximum absolute atomic E-state index is 11.5. The van der Waals surface area contributed by atoms with E-state index in [4.69, 9.17) is 0 Å². The van der Waals surface area contributed by atoms with Gasteiger partial charge in [-0.15, -0.1) is 18.3 Å². The molecule has 0 saturated heterocycles. The average molecular weight is 268 g/mol. The molecule has 18 heavy (non-hydrogen) atoms. The van der Waals surface area contributed by atoms with Gasteiger partial charge in [0.15, 0.2) is 0 Å². The molecule has 2 N–H and O–H groups in total. The number of aromatic hydroxyl groups is 1. The Hall–Kier alpha value is -2.02. The van der Waals surface area contributed by atoms with E-state index in [0.717, 1.165) is 12.1 Å². The van der Waals surface area contributed by atoms with Crippen molar-refractivity contribution < 1.29 is 14.8 Å². The summed E-state index contributed by atoms with van der Waals surface area (Å²) in [4.78, 5) is 21.4. The van der Waals surface area contributed by atoms with Crippen LogP contribution in [0.15, 0.2) is 30.9 Å². The number of benzene rings is 1. The van der Waals surface area contributed by atoms with Crippen molar-refractivity contribution in [1.82, 2.24) is 0 Å². The highest BCUT2D eigenvalue weighted by Crippen LogP contribution is 2.27. The van der Waals surface area contributed by atoms with E-state index in [2.05, 4.69) is 11.9 Å². The number of thioether (sulfide) groups is 1. The van der Waals surface area contributed by atoms with Crippen LogP contribution in [0.3, 0.4) is 0 Å². The second-order valence-corrected chi connectivity index (χ2v) is 4.34. The van der Waals surface area contributed by atoms with Crippen molar-refractivity contribution in [3.63, 3.8) is 0 Å². The Labute approximate surface area is 108 Å². The topological polar surface area (TPSA) is 92.5 Å². The summed E-state index contributed by atoms with van der Waals surface area (Å²) in [5, 5.41) is 22.4. The minimum Gasteiger partial charge on any atom is -0.506 e. The van der Waals surface area contributed by atoms with Gasteiger partial charge in [-0.25, -0.2) is 0 Å². The molecule has 0 aliphatic heterocycles. The normalized spacial score (nSPS) is 9.78. The molecule has 0 aliphatic carbocycles. The maximum Gasteiger partial charge on any atom is 0.271 e. The van der Waals surface area contributed by atoms with Crippen molar-refractivity contribution in [2.75, 3.05) is 16.8 Å². The van der Waals surface area contributed by atoms with Crippen LogP contribution in [0.2, 0.25) is 0 Å². The van der Waals surface area contributed by atoms with E-state index in [9.17, 15) is 20.0 Å². The van der Waals surface area contributed by atoms with E-state index >= 15 is 0 Å². The number of rotatable bonds is 6. The number of nitro benzene ring substituents is 1. The van der Waals surface area contributed by atoms with Crippen molar-refractivity contribution >= 4 is 29.0 Å². The summed E-state index contributed by atoms with van der Waals surface area (Å²) >= 11 is 1.35. The van der Waals surface area contributed by atoms with Gasteiger partial charge in [0.1, 0.15) is 5.75 Å². The molecule has 0 heterocycles. The summed E-state index contributed by atoms with van der Waals surface area (Å²) in [7, 11) is 0. The predicted molar refractivity (Wildman–Crippen MR) is 70.9 cm³/mol. The van der Waals surface area contributed by atoms with E-state index in [1.165, 1.54) is 17.8 Å². The first kappa shape index (κ1) is 14.0. The molecule has 1 rings (SSSR count). The first-order chi connectivity index (χ1) is 8.54. The lowest BCUT2D eigenvalue weighted by Gasteiger charge is -2.06. The molecular formula is C11H12N2O4S. The molecule has 1 aromatic rings. The zero-order valence-electron chi connectivity index (χ0n) is 9.46. The van der Waals surface area contributed by atoms with E-state index in [1.54, 1.807) is 6.08 Å². The van der Waals surface area contributed by atoms with Crippen molar-refractivity contribution in [2.45, 2.75) is 0 Å². The fourth-order valence-corrected chi connectivity index (χ4v) is 1.70. The van der Waals surface area contributed by atoms with Crippen LogP contribution >= 0.6 is 11.8 Å². The molecule has 7 heteroatoms. The summed E-state index contributed by atoms with van der Waals surface area (Å²) in [5.41, 5.74) is -0.157. The Bertz CT molecular complexity index is 476. The molecular weight excluding hydrogens is 256 g/mol. The number of hydrogen-bond donors (Lipinski definition) is 2. The van der Waals surface area contributed by atoms with E-state index < -0.39 is 4.92 Å². The molecule has 0 bridgehead atoms. The highest BCUT2D eigenvalue weighted by Gasteiger charge is 2.12.